The second-order valence-electron chi connectivity index (χ2n) is 4.22. The summed E-state index contributed by atoms with van der Waals surface area (Å²) in [6.45, 7) is 0. The minimum absolute atomic E-state index is 0.0658. The van der Waals surface area contributed by atoms with Crippen molar-refractivity contribution in [3.63, 3.8) is 0 Å². The lowest BCUT2D eigenvalue weighted by Crippen LogP contribution is -1.92. The zero-order valence-electron chi connectivity index (χ0n) is 10.3. The molecule has 3 rings (SSSR count). The Hall–Kier alpha value is -2.83. The van der Waals surface area contributed by atoms with E-state index >= 15 is 0 Å². The van der Waals surface area contributed by atoms with E-state index in [1.807, 2.05) is 0 Å². The van der Waals surface area contributed by atoms with E-state index < -0.39 is 17.5 Å². The van der Waals surface area contributed by atoms with Crippen LogP contribution in [-0.4, -0.2) is 15.2 Å². The Labute approximate surface area is 116 Å². The maximum Gasteiger partial charge on any atom is 0.258 e. The van der Waals surface area contributed by atoms with Crippen LogP contribution in [0.2, 0.25) is 0 Å². The van der Waals surface area contributed by atoms with Crippen molar-refractivity contribution in [2.45, 2.75) is 0 Å². The molecule has 0 amide bonds. The Kier molecular flexibility index (Phi) is 3.09. The third kappa shape index (κ3) is 2.45. The summed E-state index contributed by atoms with van der Waals surface area (Å²) < 4.78 is 44.1. The van der Waals surface area contributed by atoms with Gasteiger partial charge >= 0.3 is 0 Å². The number of aromatic hydroxyl groups is 1. The van der Waals surface area contributed by atoms with Gasteiger partial charge in [0.05, 0.1) is 0 Å². The van der Waals surface area contributed by atoms with Crippen LogP contribution in [0.3, 0.4) is 0 Å². The summed E-state index contributed by atoms with van der Waals surface area (Å²) in [6, 6.07) is 7.51. The van der Waals surface area contributed by atoms with Gasteiger partial charge in [-0.05, 0) is 36.4 Å². The van der Waals surface area contributed by atoms with Gasteiger partial charge in [-0.2, -0.15) is 4.98 Å². The highest BCUT2D eigenvalue weighted by Gasteiger charge is 2.16. The van der Waals surface area contributed by atoms with E-state index in [1.54, 1.807) is 12.1 Å². The Morgan fingerprint density at radius 2 is 1.52 bits per heavy atom. The van der Waals surface area contributed by atoms with Crippen molar-refractivity contribution in [1.82, 2.24) is 10.1 Å². The van der Waals surface area contributed by atoms with E-state index in [0.717, 1.165) is 12.1 Å². The van der Waals surface area contributed by atoms with Gasteiger partial charge in [0.1, 0.15) is 5.75 Å². The van der Waals surface area contributed by atoms with E-state index in [4.69, 9.17) is 4.52 Å². The zero-order chi connectivity index (χ0) is 15.0. The number of hydrogen-bond donors (Lipinski definition) is 1. The number of phenolic OH excluding ortho intramolecular Hbond substituents is 1. The first-order chi connectivity index (χ1) is 10.0. The molecule has 21 heavy (non-hydrogen) atoms. The average molecular weight is 292 g/mol. The molecule has 0 fully saturated rings. The zero-order valence-corrected chi connectivity index (χ0v) is 10.3. The highest BCUT2D eigenvalue weighted by molar-refractivity contribution is 5.60. The summed E-state index contributed by atoms with van der Waals surface area (Å²) in [7, 11) is 0. The molecule has 0 bridgehead atoms. The molecule has 0 aliphatic heterocycles. The Bertz CT molecular complexity index is 777. The molecule has 0 spiro atoms. The van der Waals surface area contributed by atoms with Crippen LogP contribution in [0.1, 0.15) is 0 Å². The number of rotatable bonds is 2. The van der Waals surface area contributed by atoms with Gasteiger partial charge in [0.2, 0.25) is 5.82 Å². The summed E-state index contributed by atoms with van der Waals surface area (Å²) in [5, 5.41) is 12.9. The van der Waals surface area contributed by atoms with Gasteiger partial charge in [0.25, 0.3) is 5.89 Å². The largest absolute Gasteiger partial charge is 0.508 e. The van der Waals surface area contributed by atoms with Crippen LogP contribution in [0.25, 0.3) is 22.8 Å². The summed E-state index contributed by atoms with van der Waals surface area (Å²) >= 11 is 0. The van der Waals surface area contributed by atoms with Crippen molar-refractivity contribution < 1.29 is 22.8 Å². The molecule has 3 aromatic rings. The standard InChI is InChI=1S/C14H7F3N2O2/c15-10-5-8(6-11(16)12(10)17)14-18-13(19-21-14)7-1-3-9(20)4-2-7/h1-6,20H. The number of halogens is 3. The second-order valence-corrected chi connectivity index (χ2v) is 4.22. The first-order valence-electron chi connectivity index (χ1n) is 5.82. The van der Waals surface area contributed by atoms with Crippen LogP contribution in [0.5, 0.6) is 5.75 Å². The third-order valence-electron chi connectivity index (χ3n) is 2.78. The van der Waals surface area contributed by atoms with Gasteiger partial charge in [0, 0.05) is 11.1 Å². The third-order valence-corrected chi connectivity index (χ3v) is 2.78. The van der Waals surface area contributed by atoms with Crippen LogP contribution in [-0.2, 0) is 0 Å². The highest BCUT2D eigenvalue weighted by Crippen LogP contribution is 2.25. The molecule has 1 heterocycles. The maximum atomic E-state index is 13.2. The van der Waals surface area contributed by atoms with Gasteiger partial charge in [-0.25, -0.2) is 13.2 Å². The second kappa shape index (κ2) is 4.93. The van der Waals surface area contributed by atoms with Crippen molar-refractivity contribution in [3.05, 3.63) is 53.8 Å². The molecule has 0 unspecified atom stereocenters. The summed E-state index contributed by atoms with van der Waals surface area (Å²) in [5.41, 5.74) is 0.481. The van der Waals surface area contributed by atoms with Crippen LogP contribution in [0.15, 0.2) is 40.9 Å². The minimum atomic E-state index is -1.56. The molecule has 0 saturated carbocycles. The molecule has 106 valence electrons. The predicted molar refractivity (Wildman–Crippen MR) is 66.7 cm³/mol. The molecule has 0 atom stereocenters. The SMILES string of the molecule is Oc1ccc(-c2noc(-c3cc(F)c(F)c(F)c3)n2)cc1. The Morgan fingerprint density at radius 1 is 0.905 bits per heavy atom. The molecule has 7 heteroatoms. The first-order valence-corrected chi connectivity index (χ1v) is 5.82. The maximum absolute atomic E-state index is 13.2. The molecular weight excluding hydrogens is 285 g/mol. The van der Waals surface area contributed by atoms with Gasteiger partial charge in [-0.15, -0.1) is 0 Å². The molecule has 0 saturated heterocycles. The van der Waals surface area contributed by atoms with Crippen LogP contribution in [0.4, 0.5) is 13.2 Å². The number of hydrogen-bond acceptors (Lipinski definition) is 4. The van der Waals surface area contributed by atoms with Crippen molar-refractivity contribution in [2.24, 2.45) is 0 Å². The number of nitrogens with zero attached hydrogens (tertiary/aromatic N) is 2. The molecule has 4 nitrogen and oxygen atoms in total. The molecule has 1 N–H and O–H groups in total. The average Bonchev–Trinajstić information content (AvgIpc) is 2.95. The fourth-order valence-electron chi connectivity index (χ4n) is 1.75. The van der Waals surface area contributed by atoms with E-state index in [0.29, 0.717) is 5.56 Å². The van der Waals surface area contributed by atoms with Crippen LogP contribution >= 0.6 is 0 Å². The number of benzene rings is 2. The van der Waals surface area contributed by atoms with Crippen LogP contribution < -0.4 is 0 Å². The quantitative estimate of drug-likeness (QED) is 0.734. The number of phenols is 1. The summed E-state index contributed by atoms with van der Waals surface area (Å²) in [6.07, 6.45) is 0. The fraction of sp³-hybridized carbons (Fsp3) is 0. The predicted octanol–water partition coefficient (Wildman–Crippen LogP) is 3.53. The van der Waals surface area contributed by atoms with E-state index in [-0.39, 0.29) is 23.0 Å². The van der Waals surface area contributed by atoms with Crippen molar-refractivity contribution in [2.75, 3.05) is 0 Å². The lowest BCUT2D eigenvalue weighted by molar-refractivity contribution is 0.427. The Balaban J connectivity index is 2.00. The van der Waals surface area contributed by atoms with Crippen molar-refractivity contribution >= 4 is 0 Å². The van der Waals surface area contributed by atoms with E-state index in [2.05, 4.69) is 10.1 Å². The topological polar surface area (TPSA) is 59.2 Å². The minimum Gasteiger partial charge on any atom is -0.508 e. The first kappa shape index (κ1) is 13.2. The lowest BCUT2D eigenvalue weighted by atomic mass is 10.2. The molecule has 1 aromatic heterocycles. The molecular formula is C14H7F3N2O2. The van der Waals surface area contributed by atoms with Crippen molar-refractivity contribution in [1.29, 1.82) is 0 Å². The number of aromatic nitrogens is 2. The van der Waals surface area contributed by atoms with Gasteiger partial charge in [-0.3, -0.25) is 0 Å². The molecule has 0 radical (unpaired) electrons. The fourth-order valence-corrected chi connectivity index (χ4v) is 1.75. The van der Waals surface area contributed by atoms with Gasteiger partial charge in [0.15, 0.2) is 17.5 Å². The molecule has 2 aromatic carbocycles. The Morgan fingerprint density at radius 3 is 2.14 bits per heavy atom. The lowest BCUT2D eigenvalue weighted by Gasteiger charge is -1.98. The summed E-state index contributed by atoms with van der Waals surface area (Å²) in [5.74, 6) is -4.13. The normalized spacial score (nSPS) is 10.8. The smallest absolute Gasteiger partial charge is 0.258 e. The van der Waals surface area contributed by atoms with Crippen molar-refractivity contribution in [3.8, 4) is 28.6 Å². The molecule has 0 aliphatic rings. The van der Waals surface area contributed by atoms with E-state index in [1.165, 1.54) is 12.1 Å². The monoisotopic (exact) mass is 292 g/mol. The highest BCUT2D eigenvalue weighted by atomic mass is 19.2. The summed E-state index contributed by atoms with van der Waals surface area (Å²) in [4.78, 5) is 3.98. The van der Waals surface area contributed by atoms with Gasteiger partial charge < -0.3 is 9.63 Å². The van der Waals surface area contributed by atoms with E-state index in [9.17, 15) is 18.3 Å². The van der Waals surface area contributed by atoms with Gasteiger partial charge in [-0.1, -0.05) is 5.16 Å². The van der Waals surface area contributed by atoms with Crippen LogP contribution in [0, 0.1) is 17.5 Å². The molecule has 0 aliphatic carbocycles.